The van der Waals surface area contributed by atoms with Crippen molar-refractivity contribution in [1.29, 1.82) is 0 Å². The highest BCUT2D eigenvalue weighted by Gasteiger charge is 2.27. The Hall–Kier alpha value is -1.06. The van der Waals surface area contributed by atoms with Crippen molar-refractivity contribution in [3.05, 3.63) is 29.3 Å². The average molecular weight is 265 g/mol. The van der Waals surface area contributed by atoms with E-state index in [0.29, 0.717) is 6.42 Å². The van der Waals surface area contributed by atoms with E-state index in [2.05, 4.69) is 26.1 Å². The molecular weight excluding hydrogens is 238 g/mol. The summed E-state index contributed by atoms with van der Waals surface area (Å²) in [7, 11) is 1.64. The standard InChI is InChI=1S/C16H27NO2/c1-12-7-8-14(19-6)13(11-12)16(5,18)9-10-17-15(2,3)4/h7-8,11,17-18H,9-10H2,1-6H3. The summed E-state index contributed by atoms with van der Waals surface area (Å²) in [5, 5.41) is 14.1. The SMILES string of the molecule is COc1ccc(C)cc1C(C)(O)CCNC(C)(C)C. The quantitative estimate of drug-likeness (QED) is 0.860. The van der Waals surface area contributed by atoms with Crippen molar-refractivity contribution in [1.82, 2.24) is 5.32 Å². The molecule has 2 N–H and O–H groups in total. The van der Waals surface area contributed by atoms with Gasteiger partial charge < -0.3 is 15.2 Å². The monoisotopic (exact) mass is 265 g/mol. The Labute approximate surface area is 117 Å². The molecule has 3 heteroatoms. The molecule has 0 heterocycles. The molecule has 0 fully saturated rings. The molecule has 0 aliphatic heterocycles. The molecule has 0 radical (unpaired) electrons. The highest BCUT2D eigenvalue weighted by atomic mass is 16.5. The van der Waals surface area contributed by atoms with Crippen molar-refractivity contribution in [2.24, 2.45) is 0 Å². The summed E-state index contributed by atoms with van der Waals surface area (Å²) in [6.07, 6.45) is 0.643. The van der Waals surface area contributed by atoms with E-state index in [1.54, 1.807) is 7.11 Å². The van der Waals surface area contributed by atoms with Crippen LogP contribution in [0.1, 0.15) is 45.2 Å². The fourth-order valence-electron chi connectivity index (χ4n) is 2.06. The molecule has 0 spiro atoms. The number of rotatable bonds is 5. The van der Waals surface area contributed by atoms with Crippen LogP contribution in [0.5, 0.6) is 5.75 Å². The van der Waals surface area contributed by atoms with Gasteiger partial charge in [-0.25, -0.2) is 0 Å². The molecule has 0 bridgehead atoms. The topological polar surface area (TPSA) is 41.5 Å². The fourth-order valence-corrected chi connectivity index (χ4v) is 2.06. The Kier molecular flexibility index (Phi) is 4.99. The molecule has 1 unspecified atom stereocenters. The minimum atomic E-state index is -0.893. The molecule has 0 saturated carbocycles. The van der Waals surface area contributed by atoms with Crippen LogP contribution in [0.15, 0.2) is 18.2 Å². The number of benzene rings is 1. The van der Waals surface area contributed by atoms with Crippen molar-refractivity contribution < 1.29 is 9.84 Å². The van der Waals surface area contributed by atoms with Crippen LogP contribution in [0.4, 0.5) is 0 Å². The van der Waals surface area contributed by atoms with Gasteiger partial charge in [-0.05, 0) is 59.7 Å². The Morgan fingerprint density at radius 3 is 2.37 bits per heavy atom. The third-order valence-corrected chi connectivity index (χ3v) is 3.20. The third kappa shape index (κ3) is 4.84. The van der Waals surface area contributed by atoms with Gasteiger partial charge in [-0.3, -0.25) is 0 Å². The van der Waals surface area contributed by atoms with Crippen LogP contribution >= 0.6 is 0 Å². The predicted molar refractivity (Wildman–Crippen MR) is 79.7 cm³/mol. The molecule has 0 aliphatic rings. The number of hydrogen-bond donors (Lipinski definition) is 2. The highest BCUT2D eigenvalue weighted by molar-refractivity contribution is 5.40. The van der Waals surface area contributed by atoms with E-state index in [1.807, 2.05) is 32.0 Å². The molecule has 108 valence electrons. The van der Waals surface area contributed by atoms with Crippen LogP contribution in [0.2, 0.25) is 0 Å². The normalized spacial score (nSPS) is 15.1. The van der Waals surface area contributed by atoms with Gasteiger partial charge in [0.1, 0.15) is 5.75 Å². The average Bonchev–Trinajstić information content (AvgIpc) is 2.27. The van der Waals surface area contributed by atoms with Gasteiger partial charge in [-0.1, -0.05) is 11.6 Å². The maximum atomic E-state index is 10.7. The smallest absolute Gasteiger partial charge is 0.124 e. The summed E-state index contributed by atoms with van der Waals surface area (Å²) >= 11 is 0. The number of methoxy groups -OCH3 is 1. The number of aryl methyl sites for hydroxylation is 1. The fraction of sp³-hybridized carbons (Fsp3) is 0.625. The highest BCUT2D eigenvalue weighted by Crippen LogP contribution is 2.33. The summed E-state index contributed by atoms with van der Waals surface area (Å²) in [6.45, 7) is 11.0. The van der Waals surface area contributed by atoms with Crippen LogP contribution < -0.4 is 10.1 Å². The summed E-state index contributed by atoms with van der Waals surface area (Å²) in [6, 6.07) is 5.90. The van der Waals surface area contributed by atoms with E-state index in [0.717, 1.165) is 23.4 Å². The third-order valence-electron chi connectivity index (χ3n) is 3.20. The first-order chi connectivity index (χ1) is 8.65. The van der Waals surface area contributed by atoms with Crippen molar-refractivity contribution in [2.75, 3.05) is 13.7 Å². The largest absolute Gasteiger partial charge is 0.496 e. The van der Waals surface area contributed by atoms with Gasteiger partial charge in [-0.2, -0.15) is 0 Å². The molecule has 1 aromatic carbocycles. The van der Waals surface area contributed by atoms with Gasteiger partial charge in [0.15, 0.2) is 0 Å². The number of hydrogen-bond acceptors (Lipinski definition) is 3. The van der Waals surface area contributed by atoms with Crippen molar-refractivity contribution >= 4 is 0 Å². The second-order valence-corrected chi connectivity index (χ2v) is 6.40. The molecule has 0 aromatic heterocycles. The molecule has 19 heavy (non-hydrogen) atoms. The van der Waals surface area contributed by atoms with Crippen molar-refractivity contribution in [3.8, 4) is 5.75 Å². The van der Waals surface area contributed by atoms with Crippen molar-refractivity contribution in [3.63, 3.8) is 0 Å². The minimum absolute atomic E-state index is 0.0623. The zero-order valence-corrected chi connectivity index (χ0v) is 13.0. The number of aliphatic hydroxyl groups is 1. The minimum Gasteiger partial charge on any atom is -0.496 e. The molecular formula is C16H27NO2. The first-order valence-corrected chi connectivity index (χ1v) is 6.78. The second-order valence-electron chi connectivity index (χ2n) is 6.40. The van der Waals surface area contributed by atoms with Gasteiger partial charge in [0.25, 0.3) is 0 Å². The van der Waals surface area contributed by atoms with E-state index in [9.17, 15) is 5.11 Å². The van der Waals surface area contributed by atoms with Crippen LogP contribution in [-0.4, -0.2) is 24.3 Å². The van der Waals surface area contributed by atoms with Crippen LogP contribution in [-0.2, 0) is 5.60 Å². The van der Waals surface area contributed by atoms with E-state index in [4.69, 9.17) is 4.74 Å². The second kappa shape index (κ2) is 5.93. The van der Waals surface area contributed by atoms with Gasteiger partial charge >= 0.3 is 0 Å². The predicted octanol–water partition coefficient (Wildman–Crippen LogP) is 2.99. The Morgan fingerprint density at radius 2 is 1.84 bits per heavy atom. The Morgan fingerprint density at radius 1 is 1.21 bits per heavy atom. The Balaban J connectivity index is 2.84. The van der Waals surface area contributed by atoms with E-state index < -0.39 is 5.60 Å². The van der Waals surface area contributed by atoms with E-state index in [1.165, 1.54) is 0 Å². The van der Waals surface area contributed by atoms with Gasteiger partial charge in [0.2, 0.25) is 0 Å². The first kappa shape index (κ1) is 16.0. The molecule has 1 rings (SSSR count). The molecule has 3 nitrogen and oxygen atoms in total. The summed E-state index contributed by atoms with van der Waals surface area (Å²) < 4.78 is 5.35. The molecule has 0 amide bonds. The zero-order valence-electron chi connectivity index (χ0n) is 13.0. The van der Waals surface area contributed by atoms with E-state index in [-0.39, 0.29) is 5.54 Å². The molecule has 0 saturated heterocycles. The van der Waals surface area contributed by atoms with Gasteiger partial charge in [0.05, 0.1) is 12.7 Å². The van der Waals surface area contributed by atoms with Gasteiger partial charge in [-0.15, -0.1) is 0 Å². The van der Waals surface area contributed by atoms with Crippen LogP contribution in [0.25, 0.3) is 0 Å². The van der Waals surface area contributed by atoms with E-state index >= 15 is 0 Å². The van der Waals surface area contributed by atoms with Crippen LogP contribution in [0, 0.1) is 6.92 Å². The number of nitrogens with one attached hydrogen (secondary N) is 1. The molecule has 0 aliphatic carbocycles. The summed E-state index contributed by atoms with van der Waals surface area (Å²) in [5.41, 5.74) is 1.15. The lowest BCUT2D eigenvalue weighted by Crippen LogP contribution is -2.39. The maximum absolute atomic E-state index is 10.7. The molecule has 1 atom stereocenters. The van der Waals surface area contributed by atoms with Gasteiger partial charge in [0, 0.05) is 11.1 Å². The first-order valence-electron chi connectivity index (χ1n) is 6.78. The Bertz CT molecular complexity index is 419. The lowest BCUT2D eigenvalue weighted by Gasteiger charge is -2.28. The zero-order chi connectivity index (χ0) is 14.7. The summed E-state index contributed by atoms with van der Waals surface area (Å²) in [5.74, 6) is 0.742. The summed E-state index contributed by atoms with van der Waals surface area (Å²) in [4.78, 5) is 0. The van der Waals surface area contributed by atoms with Crippen molar-refractivity contribution in [2.45, 2.75) is 52.2 Å². The lowest BCUT2D eigenvalue weighted by molar-refractivity contribution is 0.0438. The molecule has 1 aromatic rings. The number of ether oxygens (including phenoxy) is 1. The lowest BCUT2D eigenvalue weighted by atomic mass is 9.90. The maximum Gasteiger partial charge on any atom is 0.124 e. The van der Waals surface area contributed by atoms with Crippen LogP contribution in [0.3, 0.4) is 0 Å².